The molecule has 0 unspecified atom stereocenters. The van der Waals surface area contributed by atoms with E-state index in [1.165, 1.54) is 0 Å². The Morgan fingerprint density at radius 3 is 2.92 bits per heavy atom. The quantitative estimate of drug-likeness (QED) is 0.746. The van der Waals surface area contributed by atoms with E-state index in [0.29, 0.717) is 12.2 Å². The van der Waals surface area contributed by atoms with Gasteiger partial charge in [-0.2, -0.15) is 0 Å². The molecule has 0 spiro atoms. The van der Waals surface area contributed by atoms with Gasteiger partial charge in [0.05, 0.1) is 31.8 Å². The first-order valence-electron chi connectivity index (χ1n) is 8.11. The van der Waals surface area contributed by atoms with Gasteiger partial charge in [-0.3, -0.25) is 4.79 Å². The fraction of sp³-hybridized carbons (Fsp3) is 0.278. The number of ether oxygens (including phenoxy) is 1. The predicted octanol–water partition coefficient (Wildman–Crippen LogP) is 2.29. The monoisotopic (exact) mass is 338 g/mol. The van der Waals surface area contributed by atoms with Crippen LogP contribution in [-0.2, 0) is 11.3 Å². The number of carbonyl (C=O) groups is 1. The lowest BCUT2D eigenvalue weighted by atomic mass is 10.2. The summed E-state index contributed by atoms with van der Waals surface area (Å²) in [6.07, 6.45) is 4.27. The van der Waals surface area contributed by atoms with Crippen molar-refractivity contribution in [2.45, 2.75) is 18.9 Å². The number of hydrogen-bond donors (Lipinski definition) is 1. The largest absolute Gasteiger partial charge is 0.497 e. The van der Waals surface area contributed by atoms with Crippen LogP contribution in [0.25, 0.3) is 5.69 Å². The molecule has 0 bridgehead atoms. The van der Waals surface area contributed by atoms with Crippen molar-refractivity contribution in [2.75, 3.05) is 7.11 Å². The van der Waals surface area contributed by atoms with Crippen molar-refractivity contribution in [3.63, 3.8) is 0 Å². The highest BCUT2D eigenvalue weighted by atomic mass is 16.5. The molecule has 25 heavy (non-hydrogen) atoms. The molecule has 1 aliphatic rings. The van der Waals surface area contributed by atoms with Gasteiger partial charge in [0.2, 0.25) is 5.91 Å². The lowest BCUT2D eigenvalue weighted by molar-refractivity contribution is -0.122. The molecule has 128 valence electrons. The van der Waals surface area contributed by atoms with Gasteiger partial charge < -0.3 is 14.5 Å². The average Bonchev–Trinajstić information content (AvgIpc) is 3.06. The van der Waals surface area contributed by atoms with Gasteiger partial charge in [0.25, 0.3) is 0 Å². The van der Waals surface area contributed by atoms with Crippen LogP contribution >= 0.6 is 0 Å². The van der Waals surface area contributed by atoms with Gasteiger partial charge in [0.1, 0.15) is 17.2 Å². The number of benzene rings is 1. The summed E-state index contributed by atoms with van der Waals surface area (Å²) in [5.41, 5.74) is 1.59. The van der Waals surface area contributed by atoms with Crippen LogP contribution in [-0.4, -0.2) is 28.0 Å². The highest BCUT2D eigenvalue weighted by Gasteiger charge is 2.45. The normalized spacial score (nSPS) is 18.8. The summed E-state index contributed by atoms with van der Waals surface area (Å²) in [7, 11) is 1.63. The fourth-order valence-corrected chi connectivity index (χ4v) is 2.85. The minimum Gasteiger partial charge on any atom is -0.497 e. The molecule has 1 saturated carbocycles. The minimum atomic E-state index is -0.0113. The summed E-state index contributed by atoms with van der Waals surface area (Å²) in [6, 6.07) is 11.3. The lowest BCUT2D eigenvalue weighted by Crippen LogP contribution is -2.25. The number of aromatic nitrogens is 3. The molecule has 1 amide bonds. The van der Waals surface area contributed by atoms with Gasteiger partial charge in [-0.15, -0.1) is 5.10 Å². The van der Waals surface area contributed by atoms with Gasteiger partial charge in [-0.1, -0.05) is 5.21 Å². The summed E-state index contributed by atoms with van der Waals surface area (Å²) in [4.78, 5) is 12.2. The van der Waals surface area contributed by atoms with Crippen LogP contribution in [0.3, 0.4) is 0 Å². The molecular formula is C18H18N4O3. The third-order valence-electron chi connectivity index (χ3n) is 4.36. The maximum atomic E-state index is 12.2. The molecule has 2 aromatic heterocycles. The van der Waals surface area contributed by atoms with E-state index < -0.39 is 0 Å². The highest BCUT2D eigenvalue weighted by molar-refractivity contribution is 5.82. The molecule has 7 nitrogen and oxygen atoms in total. The van der Waals surface area contributed by atoms with Crippen LogP contribution in [0.2, 0.25) is 0 Å². The molecule has 1 N–H and O–H groups in total. The first-order chi connectivity index (χ1) is 12.2. The van der Waals surface area contributed by atoms with E-state index in [1.807, 2.05) is 36.4 Å². The standard InChI is InChI=1S/C18H18N4O3/c1-24-14-6-4-13(5-7-14)22-11-12(20-21-22)10-19-18(23)16-9-15(16)17-3-2-8-25-17/h2-8,11,15-16H,9-10H2,1H3,(H,19,23)/t15-,16-/m0/s1. The molecule has 7 heteroatoms. The Balaban J connectivity index is 1.33. The molecule has 4 rings (SSSR count). The highest BCUT2D eigenvalue weighted by Crippen LogP contribution is 2.47. The smallest absolute Gasteiger partial charge is 0.224 e. The summed E-state index contributed by atoms with van der Waals surface area (Å²) in [5.74, 6) is 1.88. The van der Waals surface area contributed by atoms with Gasteiger partial charge >= 0.3 is 0 Å². The van der Waals surface area contributed by atoms with Crippen molar-refractivity contribution in [3.05, 3.63) is 60.3 Å². The molecule has 1 aromatic carbocycles. The van der Waals surface area contributed by atoms with Crippen LogP contribution in [0.5, 0.6) is 5.75 Å². The second-order valence-electron chi connectivity index (χ2n) is 6.03. The summed E-state index contributed by atoms with van der Waals surface area (Å²) in [5, 5.41) is 11.1. The number of methoxy groups -OCH3 is 1. The van der Waals surface area contributed by atoms with Crippen LogP contribution < -0.4 is 10.1 Å². The SMILES string of the molecule is COc1ccc(-n2cc(CNC(=O)[C@H]3C[C@@H]3c3ccco3)nn2)cc1. The van der Waals surface area contributed by atoms with Crippen LogP contribution in [0.1, 0.15) is 23.8 Å². The Kier molecular flexibility index (Phi) is 3.97. The van der Waals surface area contributed by atoms with E-state index in [0.717, 1.165) is 23.6 Å². The maximum Gasteiger partial charge on any atom is 0.224 e. The average molecular weight is 338 g/mol. The Labute approximate surface area is 144 Å². The second kappa shape index (κ2) is 6.43. The Hall–Kier alpha value is -3.09. The van der Waals surface area contributed by atoms with Gasteiger partial charge in [0.15, 0.2) is 0 Å². The molecule has 3 aromatic rings. The van der Waals surface area contributed by atoms with Crippen molar-refractivity contribution < 1.29 is 13.9 Å². The second-order valence-corrected chi connectivity index (χ2v) is 6.03. The molecule has 2 heterocycles. The third kappa shape index (κ3) is 3.26. The Morgan fingerprint density at radius 1 is 1.36 bits per heavy atom. The summed E-state index contributed by atoms with van der Waals surface area (Å²) >= 11 is 0. The Morgan fingerprint density at radius 2 is 2.20 bits per heavy atom. The number of carbonyl (C=O) groups excluding carboxylic acids is 1. The zero-order valence-corrected chi connectivity index (χ0v) is 13.8. The molecule has 1 aliphatic carbocycles. The van der Waals surface area contributed by atoms with Crippen molar-refractivity contribution in [2.24, 2.45) is 5.92 Å². The molecule has 0 aliphatic heterocycles. The van der Waals surface area contributed by atoms with Crippen LogP contribution in [0, 0.1) is 5.92 Å². The predicted molar refractivity (Wildman–Crippen MR) is 89.3 cm³/mol. The Bertz CT molecular complexity index is 855. The van der Waals surface area contributed by atoms with Crippen LogP contribution in [0.4, 0.5) is 0 Å². The van der Waals surface area contributed by atoms with Crippen molar-refractivity contribution in [1.82, 2.24) is 20.3 Å². The number of furan rings is 1. The molecule has 0 saturated heterocycles. The van der Waals surface area contributed by atoms with E-state index in [1.54, 1.807) is 24.3 Å². The van der Waals surface area contributed by atoms with Crippen LogP contribution in [0.15, 0.2) is 53.3 Å². The maximum absolute atomic E-state index is 12.2. The van der Waals surface area contributed by atoms with Gasteiger partial charge in [-0.25, -0.2) is 4.68 Å². The fourth-order valence-electron chi connectivity index (χ4n) is 2.85. The van der Waals surface area contributed by atoms with Gasteiger partial charge in [-0.05, 0) is 42.8 Å². The first kappa shape index (κ1) is 15.4. The van der Waals surface area contributed by atoms with E-state index >= 15 is 0 Å². The number of hydrogen-bond acceptors (Lipinski definition) is 5. The molecular weight excluding hydrogens is 320 g/mol. The zero-order chi connectivity index (χ0) is 17.2. The lowest BCUT2D eigenvalue weighted by Gasteiger charge is -2.02. The molecule has 1 fully saturated rings. The summed E-state index contributed by atoms with van der Waals surface area (Å²) < 4.78 is 12.2. The number of nitrogens with zero attached hydrogens (tertiary/aromatic N) is 3. The van der Waals surface area contributed by atoms with E-state index in [9.17, 15) is 4.79 Å². The van der Waals surface area contributed by atoms with E-state index in [-0.39, 0.29) is 17.7 Å². The van der Waals surface area contributed by atoms with E-state index in [4.69, 9.17) is 9.15 Å². The number of amides is 1. The van der Waals surface area contributed by atoms with Crippen molar-refractivity contribution >= 4 is 5.91 Å². The zero-order valence-electron chi connectivity index (χ0n) is 13.8. The third-order valence-corrected chi connectivity index (χ3v) is 4.36. The van der Waals surface area contributed by atoms with E-state index in [2.05, 4.69) is 15.6 Å². The topological polar surface area (TPSA) is 82.2 Å². The summed E-state index contributed by atoms with van der Waals surface area (Å²) in [6.45, 7) is 0.358. The van der Waals surface area contributed by atoms with Gasteiger partial charge in [0, 0.05) is 11.8 Å². The van der Waals surface area contributed by atoms with Crippen molar-refractivity contribution in [1.29, 1.82) is 0 Å². The minimum absolute atomic E-state index is 0.0113. The molecule has 0 radical (unpaired) electrons. The first-order valence-corrected chi connectivity index (χ1v) is 8.11. The molecule has 2 atom stereocenters. The van der Waals surface area contributed by atoms with Crippen molar-refractivity contribution in [3.8, 4) is 11.4 Å². The number of nitrogens with one attached hydrogen (secondary N) is 1. The number of rotatable bonds is 6.